The van der Waals surface area contributed by atoms with E-state index in [1.165, 1.54) is 16.3 Å². The van der Waals surface area contributed by atoms with Gasteiger partial charge in [-0.25, -0.2) is 0 Å². The molecule has 114 valence electrons. The number of fused-ring (bicyclic) bond motifs is 1. The Morgan fingerprint density at radius 1 is 1.05 bits per heavy atom. The Morgan fingerprint density at radius 3 is 2.59 bits per heavy atom. The molecule has 3 heteroatoms. The van der Waals surface area contributed by atoms with Crippen LogP contribution in [0.1, 0.15) is 31.2 Å². The number of benzene rings is 2. The van der Waals surface area contributed by atoms with Gasteiger partial charge in [0.25, 0.3) is 0 Å². The number of carbonyl (C=O) groups excluding carboxylic acids is 2. The average Bonchev–Trinajstić information content (AvgIpc) is 2.55. The summed E-state index contributed by atoms with van der Waals surface area (Å²) in [6, 6.07) is 14.4. The number of ether oxygens (including phenoxy) is 1. The van der Waals surface area contributed by atoms with Crippen LogP contribution in [0.2, 0.25) is 0 Å². The molecule has 0 atom stereocenters. The molecule has 3 nitrogen and oxygen atoms in total. The largest absolute Gasteiger partial charge is 0.465 e. The van der Waals surface area contributed by atoms with Crippen LogP contribution >= 0.6 is 0 Å². The summed E-state index contributed by atoms with van der Waals surface area (Å²) >= 11 is 0. The van der Waals surface area contributed by atoms with Gasteiger partial charge in [-0.3, -0.25) is 9.59 Å². The number of esters is 1. The SMILES string of the molecule is O=C1CCC(C(=O)OCCc2cccc3ccccc23)CC1. The second-order valence-corrected chi connectivity index (χ2v) is 5.87. The predicted octanol–water partition coefficient (Wildman–Crippen LogP) is 3.68. The molecular formula is C19H20O3. The molecule has 3 rings (SSSR count). The summed E-state index contributed by atoms with van der Waals surface area (Å²) in [4.78, 5) is 23.2. The Morgan fingerprint density at radius 2 is 1.77 bits per heavy atom. The van der Waals surface area contributed by atoms with Crippen LogP contribution < -0.4 is 0 Å². The number of carbonyl (C=O) groups is 2. The molecule has 1 fully saturated rings. The number of hydrogen-bond acceptors (Lipinski definition) is 3. The van der Waals surface area contributed by atoms with E-state index in [0.717, 1.165) is 6.42 Å². The summed E-state index contributed by atoms with van der Waals surface area (Å²) in [6.07, 6.45) is 3.04. The van der Waals surface area contributed by atoms with Crippen molar-refractivity contribution in [1.82, 2.24) is 0 Å². The lowest BCUT2D eigenvalue weighted by Crippen LogP contribution is -2.24. The standard InChI is InChI=1S/C19H20O3/c20-17-10-8-16(9-11-17)19(21)22-13-12-15-6-3-5-14-4-1-2-7-18(14)15/h1-7,16H,8-13H2. The third kappa shape index (κ3) is 3.35. The summed E-state index contributed by atoms with van der Waals surface area (Å²) in [6.45, 7) is 0.400. The lowest BCUT2D eigenvalue weighted by Gasteiger charge is -2.19. The molecule has 2 aromatic carbocycles. The molecule has 0 spiro atoms. The van der Waals surface area contributed by atoms with E-state index < -0.39 is 0 Å². The molecule has 1 saturated carbocycles. The minimum absolute atomic E-state index is 0.0924. The van der Waals surface area contributed by atoms with Crippen LogP contribution in [0, 0.1) is 5.92 Å². The highest BCUT2D eigenvalue weighted by atomic mass is 16.5. The molecule has 0 unspecified atom stereocenters. The van der Waals surface area contributed by atoms with Gasteiger partial charge < -0.3 is 4.74 Å². The normalized spacial score (nSPS) is 15.9. The van der Waals surface area contributed by atoms with Crippen LogP contribution in [0.4, 0.5) is 0 Å². The number of hydrogen-bond donors (Lipinski definition) is 0. The lowest BCUT2D eigenvalue weighted by atomic mass is 9.88. The summed E-state index contributed by atoms with van der Waals surface area (Å²) < 4.78 is 5.42. The third-order valence-electron chi connectivity index (χ3n) is 4.37. The van der Waals surface area contributed by atoms with Crippen molar-refractivity contribution in [3.63, 3.8) is 0 Å². The number of Topliss-reactive ketones (excluding diaryl/α,β-unsaturated/α-hetero) is 1. The zero-order valence-corrected chi connectivity index (χ0v) is 12.6. The summed E-state index contributed by atoms with van der Waals surface area (Å²) in [7, 11) is 0. The Bertz CT molecular complexity index is 675. The van der Waals surface area contributed by atoms with Crippen LogP contribution in [0.3, 0.4) is 0 Å². The van der Waals surface area contributed by atoms with Crippen molar-refractivity contribution < 1.29 is 14.3 Å². The first-order chi connectivity index (χ1) is 10.7. The highest BCUT2D eigenvalue weighted by Gasteiger charge is 2.25. The van der Waals surface area contributed by atoms with Crippen molar-refractivity contribution in [2.24, 2.45) is 5.92 Å². The van der Waals surface area contributed by atoms with E-state index >= 15 is 0 Å². The third-order valence-corrected chi connectivity index (χ3v) is 4.37. The molecule has 0 saturated heterocycles. The molecule has 0 radical (unpaired) electrons. The molecule has 0 amide bonds. The van der Waals surface area contributed by atoms with E-state index in [1.54, 1.807) is 0 Å². The zero-order valence-electron chi connectivity index (χ0n) is 12.6. The predicted molar refractivity (Wildman–Crippen MR) is 85.6 cm³/mol. The second-order valence-electron chi connectivity index (χ2n) is 5.87. The quantitative estimate of drug-likeness (QED) is 0.808. The van der Waals surface area contributed by atoms with Crippen LogP contribution in [-0.2, 0) is 20.7 Å². The monoisotopic (exact) mass is 296 g/mol. The number of ketones is 1. The minimum Gasteiger partial charge on any atom is -0.465 e. The Hall–Kier alpha value is -2.16. The average molecular weight is 296 g/mol. The molecule has 0 bridgehead atoms. The van der Waals surface area contributed by atoms with Gasteiger partial charge in [0.1, 0.15) is 5.78 Å². The molecular weight excluding hydrogens is 276 g/mol. The molecule has 1 aliphatic carbocycles. The highest BCUT2D eigenvalue weighted by molar-refractivity contribution is 5.85. The van der Waals surface area contributed by atoms with E-state index in [9.17, 15) is 9.59 Å². The fraction of sp³-hybridized carbons (Fsp3) is 0.368. The Labute approximate surface area is 130 Å². The van der Waals surface area contributed by atoms with Gasteiger partial charge in [0.2, 0.25) is 0 Å². The number of rotatable bonds is 4. The van der Waals surface area contributed by atoms with Gasteiger partial charge >= 0.3 is 5.97 Å². The molecule has 2 aromatic rings. The highest BCUT2D eigenvalue weighted by Crippen LogP contribution is 2.23. The van der Waals surface area contributed by atoms with Gasteiger partial charge in [0.15, 0.2) is 0 Å². The first kappa shape index (κ1) is 14.8. The molecule has 22 heavy (non-hydrogen) atoms. The van der Waals surface area contributed by atoms with E-state index in [1.807, 2.05) is 18.2 Å². The summed E-state index contributed by atoms with van der Waals surface area (Å²) in [5.41, 5.74) is 1.20. The van der Waals surface area contributed by atoms with Crippen molar-refractivity contribution in [1.29, 1.82) is 0 Å². The second kappa shape index (κ2) is 6.73. The smallest absolute Gasteiger partial charge is 0.308 e. The lowest BCUT2D eigenvalue weighted by molar-refractivity contribution is -0.150. The van der Waals surface area contributed by atoms with Crippen molar-refractivity contribution in [3.05, 3.63) is 48.0 Å². The van der Waals surface area contributed by atoms with Gasteiger partial charge in [0, 0.05) is 19.3 Å². The fourth-order valence-electron chi connectivity index (χ4n) is 3.07. The van der Waals surface area contributed by atoms with Crippen molar-refractivity contribution in [2.75, 3.05) is 6.61 Å². The summed E-state index contributed by atoms with van der Waals surface area (Å²) in [5.74, 6) is 0.0257. The van der Waals surface area contributed by atoms with Crippen LogP contribution in [0.5, 0.6) is 0 Å². The summed E-state index contributed by atoms with van der Waals surface area (Å²) in [5, 5.41) is 2.42. The van der Waals surface area contributed by atoms with Crippen LogP contribution in [-0.4, -0.2) is 18.4 Å². The van der Waals surface area contributed by atoms with Gasteiger partial charge in [0.05, 0.1) is 12.5 Å². The van der Waals surface area contributed by atoms with Gasteiger partial charge in [-0.05, 0) is 29.2 Å². The minimum atomic E-state index is -0.146. The van der Waals surface area contributed by atoms with Crippen LogP contribution in [0.25, 0.3) is 10.8 Å². The van der Waals surface area contributed by atoms with E-state index in [-0.39, 0.29) is 17.7 Å². The maximum Gasteiger partial charge on any atom is 0.308 e. The van der Waals surface area contributed by atoms with Crippen molar-refractivity contribution in [2.45, 2.75) is 32.1 Å². The first-order valence-corrected chi connectivity index (χ1v) is 7.89. The van der Waals surface area contributed by atoms with Crippen molar-refractivity contribution >= 4 is 22.5 Å². The fourth-order valence-corrected chi connectivity index (χ4v) is 3.07. The topological polar surface area (TPSA) is 43.4 Å². The maximum atomic E-state index is 12.0. The van der Waals surface area contributed by atoms with Gasteiger partial charge in [-0.1, -0.05) is 42.5 Å². The molecule has 0 N–H and O–H groups in total. The van der Waals surface area contributed by atoms with E-state index in [2.05, 4.69) is 24.3 Å². The first-order valence-electron chi connectivity index (χ1n) is 7.89. The molecule has 0 heterocycles. The van der Waals surface area contributed by atoms with Crippen molar-refractivity contribution in [3.8, 4) is 0 Å². The molecule has 0 aliphatic heterocycles. The maximum absolute atomic E-state index is 12.0. The van der Waals surface area contributed by atoms with Gasteiger partial charge in [-0.15, -0.1) is 0 Å². The van der Waals surface area contributed by atoms with E-state index in [4.69, 9.17) is 4.74 Å². The van der Waals surface area contributed by atoms with Crippen LogP contribution in [0.15, 0.2) is 42.5 Å². The Kier molecular flexibility index (Phi) is 4.52. The molecule has 0 aromatic heterocycles. The Balaban J connectivity index is 1.56. The molecule has 1 aliphatic rings. The van der Waals surface area contributed by atoms with Gasteiger partial charge in [-0.2, -0.15) is 0 Å². The zero-order chi connectivity index (χ0) is 15.4. The van der Waals surface area contributed by atoms with E-state index in [0.29, 0.717) is 32.3 Å².